The zero-order valence-corrected chi connectivity index (χ0v) is 29.7. The quantitative estimate of drug-likeness (QED) is 0.0538. The molecule has 43 heavy (non-hydrogen) atoms. The molecule has 0 aromatic carbocycles. The molecule has 0 aromatic rings. The van der Waals surface area contributed by atoms with E-state index in [-0.39, 0.29) is 23.8 Å². The fourth-order valence-corrected chi connectivity index (χ4v) is 6.05. The fourth-order valence-electron chi connectivity index (χ4n) is 6.05. The number of unbranched alkanes of at least 4 members (excludes halogenated alkanes) is 20. The van der Waals surface area contributed by atoms with Crippen LogP contribution in [0.4, 0.5) is 0 Å². The maximum Gasteiger partial charge on any atom is 0.308 e. The van der Waals surface area contributed by atoms with Gasteiger partial charge in [0.15, 0.2) is 0 Å². The van der Waals surface area contributed by atoms with Crippen LogP contribution in [0.2, 0.25) is 0 Å². The van der Waals surface area contributed by atoms with Gasteiger partial charge in [-0.2, -0.15) is 0 Å². The molecule has 0 heterocycles. The molecule has 0 aliphatic heterocycles. The molecule has 0 aromatic heterocycles. The largest absolute Gasteiger partial charge is 0.465 e. The maximum atomic E-state index is 12.8. The van der Waals surface area contributed by atoms with Gasteiger partial charge < -0.3 is 9.47 Å². The van der Waals surface area contributed by atoms with Gasteiger partial charge in [0, 0.05) is 0 Å². The molecule has 0 rings (SSSR count). The van der Waals surface area contributed by atoms with Gasteiger partial charge in [0.1, 0.15) is 0 Å². The fraction of sp³-hybridized carbons (Fsp3) is 0.949. The summed E-state index contributed by atoms with van der Waals surface area (Å²) in [5.74, 6) is 0.271. The Morgan fingerprint density at radius 1 is 0.349 bits per heavy atom. The van der Waals surface area contributed by atoms with E-state index < -0.39 is 0 Å². The molecule has 0 amide bonds. The Balaban J connectivity index is 4.14. The standard InChI is InChI=1S/C39H76O4/c1-5-9-13-17-20-26-32-36(30-24-15-11-7-3)38(40)42-34-28-22-19-23-29-35-43-39(41)37(31-25-16-12-8-4)33-27-21-18-14-10-6-2/h36-37H,5-35H2,1-4H3. The van der Waals surface area contributed by atoms with Gasteiger partial charge in [-0.25, -0.2) is 0 Å². The van der Waals surface area contributed by atoms with Crippen LogP contribution in [-0.2, 0) is 19.1 Å². The van der Waals surface area contributed by atoms with Crippen molar-refractivity contribution in [2.45, 2.75) is 214 Å². The minimum absolute atomic E-state index is 0.0437. The first-order chi connectivity index (χ1) is 21.1. The highest BCUT2D eigenvalue weighted by molar-refractivity contribution is 5.72. The van der Waals surface area contributed by atoms with Crippen molar-refractivity contribution in [1.82, 2.24) is 0 Å². The molecule has 0 fully saturated rings. The van der Waals surface area contributed by atoms with E-state index in [0.717, 1.165) is 83.5 Å². The number of carbonyl (C=O) groups is 2. The van der Waals surface area contributed by atoms with Crippen molar-refractivity contribution < 1.29 is 19.1 Å². The van der Waals surface area contributed by atoms with Gasteiger partial charge in [-0.05, 0) is 38.5 Å². The number of carbonyl (C=O) groups excluding carboxylic acids is 2. The number of ether oxygens (including phenoxy) is 2. The second-order valence-corrected chi connectivity index (χ2v) is 13.3. The van der Waals surface area contributed by atoms with Crippen LogP contribution in [0.3, 0.4) is 0 Å². The van der Waals surface area contributed by atoms with Gasteiger partial charge in [-0.15, -0.1) is 0 Å². The number of hydrogen-bond acceptors (Lipinski definition) is 4. The molecule has 4 nitrogen and oxygen atoms in total. The van der Waals surface area contributed by atoms with Crippen LogP contribution in [0.1, 0.15) is 214 Å². The Hall–Kier alpha value is -1.06. The molecule has 0 saturated carbocycles. The van der Waals surface area contributed by atoms with Crippen LogP contribution in [0.25, 0.3) is 0 Å². The van der Waals surface area contributed by atoms with Crippen LogP contribution < -0.4 is 0 Å². The molecule has 0 aliphatic carbocycles. The predicted molar refractivity (Wildman–Crippen MR) is 185 cm³/mol. The number of esters is 2. The molecule has 0 radical (unpaired) electrons. The highest BCUT2D eigenvalue weighted by Gasteiger charge is 2.20. The van der Waals surface area contributed by atoms with Crippen molar-refractivity contribution in [2.75, 3.05) is 13.2 Å². The third-order valence-corrected chi connectivity index (χ3v) is 9.07. The first kappa shape index (κ1) is 41.9. The van der Waals surface area contributed by atoms with Crippen molar-refractivity contribution in [1.29, 1.82) is 0 Å². The van der Waals surface area contributed by atoms with Crippen LogP contribution in [0.15, 0.2) is 0 Å². The normalized spacial score (nSPS) is 12.7. The highest BCUT2D eigenvalue weighted by Crippen LogP contribution is 2.22. The third-order valence-electron chi connectivity index (χ3n) is 9.07. The average Bonchev–Trinajstić information content (AvgIpc) is 3.01. The Bertz CT molecular complexity index is 540. The zero-order chi connectivity index (χ0) is 31.6. The summed E-state index contributed by atoms with van der Waals surface area (Å²) in [6, 6.07) is 0. The zero-order valence-electron chi connectivity index (χ0n) is 29.7. The summed E-state index contributed by atoms with van der Waals surface area (Å²) in [5, 5.41) is 0. The average molecular weight is 609 g/mol. The Kier molecular flexibility index (Phi) is 33.0. The van der Waals surface area contributed by atoms with Crippen molar-refractivity contribution in [3.63, 3.8) is 0 Å². The minimum atomic E-state index is 0.0437. The summed E-state index contributed by atoms with van der Waals surface area (Å²) < 4.78 is 11.5. The summed E-state index contributed by atoms with van der Waals surface area (Å²) in [5.41, 5.74) is 0. The summed E-state index contributed by atoms with van der Waals surface area (Å²) >= 11 is 0. The first-order valence-electron chi connectivity index (χ1n) is 19.4. The predicted octanol–water partition coefficient (Wildman–Crippen LogP) is 12.7. The lowest BCUT2D eigenvalue weighted by Gasteiger charge is -2.16. The summed E-state index contributed by atoms with van der Waals surface area (Å²) in [6.45, 7) is 10.1. The number of hydrogen-bond donors (Lipinski definition) is 0. The Labute approximate surface area is 269 Å². The smallest absolute Gasteiger partial charge is 0.308 e. The number of rotatable bonds is 34. The molecule has 2 unspecified atom stereocenters. The second-order valence-electron chi connectivity index (χ2n) is 13.3. The molecule has 256 valence electrons. The van der Waals surface area contributed by atoms with E-state index in [1.165, 1.54) is 103 Å². The lowest BCUT2D eigenvalue weighted by molar-refractivity contribution is -0.150. The van der Waals surface area contributed by atoms with E-state index in [1.54, 1.807) is 0 Å². The van der Waals surface area contributed by atoms with Crippen molar-refractivity contribution in [3.05, 3.63) is 0 Å². The first-order valence-corrected chi connectivity index (χ1v) is 19.4. The molecule has 0 spiro atoms. The molecule has 4 heteroatoms. The lowest BCUT2D eigenvalue weighted by Crippen LogP contribution is -2.19. The minimum Gasteiger partial charge on any atom is -0.465 e. The van der Waals surface area contributed by atoms with Gasteiger partial charge in [0.05, 0.1) is 25.0 Å². The molecular weight excluding hydrogens is 532 g/mol. The van der Waals surface area contributed by atoms with E-state index in [0.29, 0.717) is 13.2 Å². The van der Waals surface area contributed by atoms with Crippen LogP contribution in [0.5, 0.6) is 0 Å². The molecule has 0 aliphatic rings. The van der Waals surface area contributed by atoms with E-state index in [4.69, 9.17) is 9.47 Å². The molecule has 2 atom stereocenters. The van der Waals surface area contributed by atoms with Crippen LogP contribution >= 0.6 is 0 Å². The van der Waals surface area contributed by atoms with Gasteiger partial charge in [0.2, 0.25) is 0 Å². The Morgan fingerprint density at radius 3 is 0.884 bits per heavy atom. The van der Waals surface area contributed by atoms with Crippen LogP contribution in [0, 0.1) is 11.8 Å². The highest BCUT2D eigenvalue weighted by atomic mass is 16.5. The van der Waals surface area contributed by atoms with Gasteiger partial charge in [0.25, 0.3) is 0 Å². The topological polar surface area (TPSA) is 52.6 Å². The van der Waals surface area contributed by atoms with Crippen molar-refractivity contribution in [3.8, 4) is 0 Å². The van der Waals surface area contributed by atoms with Gasteiger partial charge in [-0.3, -0.25) is 9.59 Å². The van der Waals surface area contributed by atoms with Gasteiger partial charge in [-0.1, -0.05) is 175 Å². The molecule has 0 N–H and O–H groups in total. The van der Waals surface area contributed by atoms with E-state index >= 15 is 0 Å². The van der Waals surface area contributed by atoms with E-state index in [2.05, 4.69) is 27.7 Å². The summed E-state index contributed by atoms with van der Waals surface area (Å²) in [6.07, 6.45) is 34.0. The van der Waals surface area contributed by atoms with E-state index in [9.17, 15) is 9.59 Å². The summed E-state index contributed by atoms with van der Waals surface area (Å²) in [7, 11) is 0. The third kappa shape index (κ3) is 28.2. The lowest BCUT2D eigenvalue weighted by atomic mass is 9.94. The monoisotopic (exact) mass is 609 g/mol. The van der Waals surface area contributed by atoms with Crippen molar-refractivity contribution >= 4 is 11.9 Å². The summed E-state index contributed by atoms with van der Waals surface area (Å²) in [4.78, 5) is 25.6. The van der Waals surface area contributed by atoms with Crippen LogP contribution in [-0.4, -0.2) is 25.2 Å². The van der Waals surface area contributed by atoms with E-state index in [1.807, 2.05) is 0 Å². The second kappa shape index (κ2) is 33.8. The SMILES string of the molecule is CCCCCCCCC(CCCCCC)C(=O)OCCCCCCCOC(=O)C(CCCCCC)CCCCCCCC. The maximum absolute atomic E-state index is 12.8. The molecular formula is C39H76O4. The molecule has 0 saturated heterocycles. The van der Waals surface area contributed by atoms with Gasteiger partial charge >= 0.3 is 11.9 Å². The molecule has 0 bridgehead atoms. The Morgan fingerprint density at radius 2 is 0.581 bits per heavy atom. The van der Waals surface area contributed by atoms with Crippen molar-refractivity contribution in [2.24, 2.45) is 11.8 Å².